The number of rotatable bonds is 37. The minimum absolute atomic E-state index is 0.666. The second-order valence-electron chi connectivity index (χ2n) is 14.9. The molecule has 0 spiro atoms. The highest BCUT2D eigenvalue weighted by molar-refractivity contribution is 7.48. The highest BCUT2D eigenvalue weighted by atomic mass is 31.2. The zero-order valence-electron chi connectivity index (χ0n) is 31.4. The molecule has 0 heterocycles. The van der Waals surface area contributed by atoms with Crippen molar-refractivity contribution in [2.24, 2.45) is 0 Å². The Balaban J connectivity index is 1.91. The summed E-state index contributed by atoms with van der Waals surface area (Å²) in [5.41, 5.74) is 0.705. The van der Waals surface area contributed by atoms with Crippen molar-refractivity contribution in [1.29, 1.82) is 0 Å². The van der Waals surface area contributed by atoms with E-state index in [0.29, 0.717) is 5.66 Å². The van der Waals surface area contributed by atoms with E-state index in [-0.39, 0.29) is 0 Å². The van der Waals surface area contributed by atoms with Gasteiger partial charge in [-0.3, -0.25) is 0 Å². The lowest BCUT2D eigenvalue weighted by Crippen LogP contribution is -2.14. The average molecular weight is 653 g/mol. The lowest BCUT2D eigenvalue weighted by Gasteiger charge is -2.29. The van der Waals surface area contributed by atoms with Gasteiger partial charge in [0.05, 0.1) is 13.2 Å². The van der Waals surface area contributed by atoms with Gasteiger partial charge in [0.15, 0.2) is 8.38 Å². The third kappa shape index (κ3) is 31.4. The Hall–Kier alpha value is 0.350. The first kappa shape index (κ1) is 43.4. The van der Waals surface area contributed by atoms with Gasteiger partial charge in [-0.2, -0.15) is 0 Å². The average Bonchev–Trinajstić information content (AvgIpc) is 3.07. The van der Waals surface area contributed by atoms with Crippen LogP contribution in [-0.4, -0.2) is 18.9 Å². The minimum atomic E-state index is -0.666. The number of hydrogen-bond donors (Lipinski definition) is 0. The molecule has 2 nitrogen and oxygen atoms in total. The number of hydrogen-bond acceptors (Lipinski definition) is 2. The van der Waals surface area contributed by atoms with E-state index >= 15 is 0 Å². The van der Waals surface area contributed by atoms with Crippen molar-refractivity contribution in [3.05, 3.63) is 0 Å². The molecule has 45 heavy (non-hydrogen) atoms. The van der Waals surface area contributed by atoms with E-state index in [9.17, 15) is 0 Å². The maximum Gasteiger partial charge on any atom is 0.173 e. The predicted octanol–water partition coefficient (Wildman–Crippen LogP) is 16.2. The Kier molecular flexibility index (Phi) is 35.8. The summed E-state index contributed by atoms with van der Waals surface area (Å²) in [6, 6.07) is 0. The fraction of sp³-hybridized carbons (Fsp3) is 1.00. The summed E-state index contributed by atoms with van der Waals surface area (Å²) in [7, 11) is -0.666. The molecular formula is C42H85O2P. The standard InChI is InChI=1S/C42H85O2P/c1-3-5-7-9-11-13-15-17-19-21-23-25-27-29-31-36-40-43-45(42-38-34-33-35-39-42)44-41-37-32-30-28-26-24-22-20-18-16-14-12-10-8-6-4-2/h42H,3-41H2,1-2H3. The van der Waals surface area contributed by atoms with Gasteiger partial charge in [-0.25, -0.2) is 0 Å². The van der Waals surface area contributed by atoms with Crippen molar-refractivity contribution in [2.45, 2.75) is 257 Å². The molecule has 0 atom stereocenters. The van der Waals surface area contributed by atoms with Crippen molar-refractivity contribution in [3.8, 4) is 0 Å². The summed E-state index contributed by atoms with van der Waals surface area (Å²) in [6.07, 6.45) is 52.5. The maximum absolute atomic E-state index is 6.47. The molecule has 1 rings (SSSR count). The molecule has 0 saturated heterocycles. The van der Waals surface area contributed by atoms with Crippen LogP contribution in [0.15, 0.2) is 0 Å². The summed E-state index contributed by atoms with van der Waals surface area (Å²) < 4.78 is 12.9. The van der Waals surface area contributed by atoms with Gasteiger partial charge >= 0.3 is 0 Å². The van der Waals surface area contributed by atoms with Gasteiger partial charge in [-0.05, 0) is 25.7 Å². The van der Waals surface area contributed by atoms with Crippen LogP contribution in [0.2, 0.25) is 0 Å². The van der Waals surface area contributed by atoms with E-state index in [0.717, 1.165) is 13.2 Å². The van der Waals surface area contributed by atoms with Gasteiger partial charge in [0.1, 0.15) is 0 Å². The van der Waals surface area contributed by atoms with Crippen molar-refractivity contribution in [1.82, 2.24) is 0 Å². The molecule has 1 fully saturated rings. The lowest BCUT2D eigenvalue weighted by atomic mass is 10.0. The third-order valence-electron chi connectivity index (χ3n) is 10.3. The summed E-state index contributed by atoms with van der Waals surface area (Å²) in [4.78, 5) is 0. The Bertz CT molecular complexity index is 497. The zero-order chi connectivity index (χ0) is 32.1. The van der Waals surface area contributed by atoms with Gasteiger partial charge in [-0.1, -0.05) is 226 Å². The van der Waals surface area contributed by atoms with Crippen LogP contribution in [0.5, 0.6) is 0 Å². The van der Waals surface area contributed by atoms with Crippen molar-refractivity contribution in [2.75, 3.05) is 13.2 Å². The van der Waals surface area contributed by atoms with Crippen molar-refractivity contribution >= 4 is 8.38 Å². The molecular weight excluding hydrogens is 567 g/mol. The second kappa shape index (κ2) is 37.2. The topological polar surface area (TPSA) is 18.5 Å². The zero-order valence-corrected chi connectivity index (χ0v) is 32.3. The van der Waals surface area contributed by atoms with Gasteiger partial charge in [0, 0.05) is 5.66 Å². The predicted molar refractivity (Wildman–Crippen MR) is 205 cm³/mol. The first-order valence-electron chi connectivity index (χ1n) is 21.4. The fourth-order valence-electron chi connectivity index (χ4n) is 7.15. The monoisotopic (exact) mass is 653 g/mol. The van der Waals surface area contributed by atoms with Gasteiger partial charge < -0.3 is 9.05 Å². The van der Waals surface area contributed by atoms with E-state index in [1.165, 1.54) is 238 Å². The quantitative estimate of drug-likeness (QED) is 0.0491. The van der Waals surface area contributed by atoms with Gasteiger partial charge in [-0.15, -0.1) is 0 Å². The summed E-state index contributed by atoms with van der Waals surface area (Å²) >= 11 is 0. The highest BCUT2D eigenvalue weighted by Gasteiger charge is 2.25. The van der Waals surface area contributed by atoms with E-state index in [1.54, 1.807) is 0 Å². The molecule has 0 aromatic rings. The van der Waals surface area contributed by atoms with Crippen molar-refractivity contribution in [3.63, 3.8) is 0 Å². The summed E-state index contributed by atoms with van der Waals surface area (Å²) in [6.45, 7) is 6.47. The maximum atomic E-state index is 6.47. The molecule has 0 bridgehead atoms. The Morgan fingerprint density at radius 1 is 0.333 bits per heavy atom. The molecule has 3 heteroatoms. The SMILES string of the molecule is CCCCCCCCCCCCCCCCCCOP(OCCCCCCCCCCCCCCCCCC)C1CCCCC1. The molecule has 0 radical (unpaired) electrons. The van der Waals surface area contributed by atoms with Crippen LogP contribution in [0.4, 0.5) is 0 Å². The first-order chi connectivity index (χ1) is 22.4. The molecule has 1 aliphatic rings. The van der Waals surface area contributed by atoms with Crippen LogP contribution < -0.4 is 0 Å². The summed E-state index contributed by atoms with van der Waals surface area (Å²) in [5, 5.41) is 0. The fourth-order valence-corrected chi connectivity index (χ4v) is 9.05. The van der Waals surface area contributed by atoms with Crippen molar-refractivity contribution < 1.29 is 9.05 Å². The molecule has 1 saturated carbocycles. The minimum Gasteiger partial charge on any atom is -0.334 e. The summed E-state index contributed by atoms with van der Waals surface area (Å²) in [5.74, 6) is 0. The lowest BCUT2D eigenvalue weighted by molar-refractivity contribution is 0.228. The molecule has 1 aliphatic carbocycles. The molecule has 0 aromatic carbocycles. The highest BCUT2D eigenvalue weighted by Crippen LogP contribution is 2.50. The van der Waals surface area contributed by atoms with Crippen LogP contribution in [-0.2, 0) is 9.05 Å². The van der Waals surface area contributed by atoms with Crippen LogP contribution in [0.3, 0.4) is 0 Å². The normalized spacial score (nSPS) is 14.2. The smallest absolute Gasteiger partial charge is 0.173 e. The van der Waals surface area contributed by atoms with Gasteiger partial charge in [0.25, 0.3) is 0 Å². The van der Waals surface area contributed by atoms with Gasteiger partial charge in [0.2, 0.25) is 0 Å². The Labute approximate surface area is 287 Å². The second-order valence-corrected chi connectivity index (χ2v) is 16.7. The Morgan fingerprint density at radius 3 is 0.844 bits per heavy atom. The molecule has 0 amide bonds. The molecule has 0 aromatic heterocycles. The van der Waals surface area contributed by atoms with Crippen LogP contribution in [0.25, 0.3) is 0 Å². The molecule has 0 unspecified atom stereocenters. The molecule has 270 valence electrons. The van der Waals surface area contributed by atoms with E-state index < -0.39 is 8.38 Å². The first-order valence-corrected chi connectivity index (χ1v) is 22.7. The van der Waals surface area contributed by atoms with Crippen LogP contribution in [0, 0.1) is 0 Å². The molecule has 0 aliphatic heterocycles. The molecule has 0 N–H and O–H groups in total. The largest absolute Gasteiger partial charge is 0.334 e. The number of unbranched alkanes of at least 4 members (excludes halogenated alkanes) is 30. The van der Waals surface area contributed by atoms with Crippen LogP contribution >= 0.6 is 8.38 Å². The van der Waals surface area contributed by atoms with E-state index in [1.807, 2.05) is 0 Å². The Morgan fingerprint density at radius 2 is 0.578 bits per heavy atom. The van der Waals surface area contributed by atoms with Crippen LogP contribution in [0.1, 0.15) is 251 Å². The third-order valence-corrected chi connectivity index (χ3v) is 12.3. The van der Waals surface area contributed by atoms with E-state index in [2.05, 4.69) is 13.8 Å². The van der Waals surface area contributed by atoms with E-state index in [4.69, 9.17) is 9.05 Å².